The molecule has 1 N–H and O–H groups in total. The number of ether oxygens (including phenoxy) is 3. The summed E-state index contributed by atoms with van der Waals surface area (Å²) >= 11 is 0. The summed E-state index contributed by atoms with van der Waals surface area (Å²) in [5.74, 6) is 0.882. The van der Waals surface area contributed by atoms with Crippen molar-refractivity contribution in [2.45, 2.75) is 32.6 Å². The number of aromatic amines is 1. The number of methoxy groups -OCH3 is 1. The lowest BCUT2D eigenvalue weighted by molar-refractivity contribution is -0.151. The molecule has 0 bridgehead atoms. The minimum Gasteiger partial charge on any atom is -0.493 e. The zero-order chi connectivity index (χ0) is 24.5. The van der Waals surface area contributed by atoms with Crippen LogP contribution in [0, 0.1) is 5.92 Å². The molecule has 10 nitrogen and oxygen atoms in total. The molecule has 0 aliphatic carbocycles. The quantitative estimate of drug-likeness (QED) is 0.414. The highest BCUT2D eigenvalue weighted by Crippen LogP contribution is 2.31. The number of piperidine rings is 1. The van der Waals surface area contributed by atoms with Crippen LogP contribution in [-0.4, -0.2) is 65.4 Å². The molecule has 0 radical (unpaired) electrons. The first kappa shape index (κ1) is 24.9. The van der Waals surface area contributed by atoms with Crippen LogP contribution in [0.5, 0.6) is 11.5 Å². The molecule has 1 saturated heterocycles. The van der Waals surface area contributed by atoms with Crippen LogP contribution in [0.15, 0.2) is 35.6 Å². The van der Waals surface area contributed by atoms with Crippen molar-refractivity contribution in [1.29, 1.82) is 0 Å². The van der Waals surface area contributed by atoms with E-state index in [0.717, 1.165) is 0 Å². The van der Waals surface area contributed by atoms with Crippen LogP contribution in [0.2, 0.25) is 0 Å². The number of esters is 1. The molecule has 1 aromatic heterocycles. The number of H-pyrrole nitrogens is 1. The van der Waals surface area contributed by atoms with E-state index in [-0.39, 0.29) is 42.2 Å². The van der Waals surface area contributed by atoms with Gasteiger partial charge in [-0.15, -0.1) is 10.2 Å². The maximum Gasteiger partial charge on any atom is 0.309 e. The lowest BCUT2D eigenvalue weighted by Gasteiger charge is -2.30. The van der Waals surface area contributed by atoms with E-state index in [9.17, 15) is 14.4 Å². The number of rotatable bonds is 10. The van der Waals surface area contributed by atoms with Crippen molar-refractivity contribution >= 4 is 11.9 Å². The van der Waals surface area contributed by atoms with Gasteiger partial charge < -0.3 is 24.1 Å². The Kier molecular flexibility index (Phi) is 8.78. The maximum absolute atomic E-state index is 12.6. The number of carbonyl (C=O) groups excluding carboxylic acids is 2. The van der Waals surface area contributed by atoms with Gasteiger partial charge in [-0.2, -0.15) is 0 Å². The Morgan fingerprint density at radius 2 is 2.00 bits per heavy atom. The van der Waals surface area contributed by atoms with Gasteiger partial charge in [-0.1, -0.05) is 12.7 Å². The number of nitrogens with zero attached hydrogens (tertiary/aromatic N) is 3. The zero-order valence-corrected chi connectivity index (χ0v) is 19.5. The van der Waals surface area contributed by atoms with Gasteiger partial charge in [0.1, 0.15) is 12.3 Å². The summed E-state index contributed by atoms with van der Waals surface area (Å²) in [5, 5.41) is 8.16. The topological polar surface area (TPSA) is 124 Å². The third-order valence-electron chi connectivity index (χ3n) is 5.60. The summed E-state index contributed by atoms with van der Waals surface area (Å²) in [7, 11) is 1.52. The standard InChI is InChI=1S/C24H30N4O6/c1-4-14-34-19-8-6-17(15-20(19)32-3)22-25-23(30)18(26-27-22)7-9-21(29)28-12-10-16(11-13-28)24(31)33-5-2/h4,6,8,15-16H,1,5,7,9-14H2,2-3H3,(H,25,27,30). The van der Waals surface area contributed by atoms with Crippen molar-refractivity contribution in [2.24, 2.45) is 5.92 Å². The second kappa shape index (κ2) is 12.0. The van der Waals surface area contributed by atoms with E-state index in [1.165, 1.54) is 7.11 Å². The van der Waals surface area contributed by atoms with Crippen LogP contribution in [0.25, 0.3) is 11.4 Å². The molecule has 182 valence electrons. The van der Waals surface area contributed by atoms with Gasteiger partial charge in [0.15, 0.2) is 17.3 Å². The fraction of sp³-hybridized carbons (Fsp3) is 0.458. The highest BCUT2D eigenvalue weighted by molar-refractivity contribution is 5.77. The van der Waals surface area contributed by atoms with Gasteiger partial charge in [0.25, 0.3) is 5.56 Å². The van der Waals surface area contributed by atoms with Crippen molar-refractivity contribution in [3.8, 4) is 22.9 Å². The fourth-order valence-corrected chi connectivity index (χ4v) is 3.74. The second-order valence-corrected chi connectivity index (χ2v) is 7.82. The number of hydrogen-bond donors (Lipinski definition) is 1. The number of nitrogens with one attached hydrogen (secondary N) is 1. The third kappa shape index (κ3) is 6.21. The maximum atomic E-state index is 12.6. The molecule has 0 saturated carbocycles. The minimum absolute atomic E-state index is 0.0764. The first-order valence-corrected chi connectivity index (χ1v) is 11.3. The average Bonchev–Trinajstić information content (AvgIpc) is 2.86. The summed E-state index contributed by atoms with van der Waals surface area (Å²) in [6.07, 6.45) is 3.12. The largest absolute Gasteiger partial charge is 0.493 e. The fourth-order valence-electron chi connectivity index (χ4n) is 3.74. The van der Waals surface area contributed by atoms with Gasteiger partial charge in [-0.05, 0) is 38.0 Å². The smallest absolute Gasteiger partial charge is 0.309 e. The van der Waals surface area contributed by atoms with Gasteiger partial charge in [-0.25, -0.2) is 0 Å². The number of likely N-dealkylation sites (tertiary alicyclic amines) is 1. The average molecular weight is 471 g/mol. The normalized spacial score (nSPS) is 13.9. The molecule has 1 amide bonds. The van der Waals surface area contributed by atoms with E-state index >= 15 is 0 Å². The Morgan fingerprint density at radius 3 is 2.65 bits per heavy atom. The molecule has 1 aliphatic rings. The SMILES string of the molecule is C=CCOc1ccc(-c2nnc(CCC(=O)N3CCC(C(=O)OCC)CC3)c(=O)[nH]2)cc1OC. The third-order valence-corrected chi connectivity index (χ3v) is 5.60. The van der Waals surface area contributed by atoms with Gasteiger partial charge in [-0.3, -0.25) is 14.4 Å². The molecular formula is C24H30N4O6. The zero-order valence-electron chi connectivity index (χ0n) is 19.5. The lowest BCUT2D eigenvalue weighted by Crippen LogP contribution is -2.40. The van der Waals surface area contributed by atoms with E-state index in [0.29, 0.717) is 56.2 Å². The van der Waals surface area contributed by atoms with Gasteiger partial charge in [0, 0.05) is 31.5 Å². The molecule has 34 heavy (non-hydrogen) atoms. The first-order chi connectivity index (χ1) is 16.5. The van der Waals surface area contributed by atoms with Crippen molar-refractivity contribution in [1.82, 2.24) is 20.1 Å². The highest BCUT2D eigenvalue weighted by Gasteiger charge is 2.28. The second-order valence-electron chi connectivity index (χ2n) is 7.82. The Bertz CT molecular complexity index is 1080. The van der Waals surface area contributed by atoms with Gasteiger partial charge in [0.05, 0.1) is 19.6 Å². The molecule has 10 heteroatoms. The number of aromatic nitrogens is 3. The summed E-state index contributed by atoms with van der Waals surface area (Å²) in [5.41, 5.74) is 0.403. The number of aryl methyl sites for hydroxylation is 1. The Morgan fingerprint density at radius 1 is 1.24 bits per heavy atom. The molecule has 2 heterocycles. The van der Waals surface area contributed by atoms with E-state index in [2.05, 4.69) is 21.8 Å². The van der Waals surface area contributed by atoms with Crippen molar-refractivity contribution in [3.63, 3.8) is 0 Å². The van der Waals surface area contributed by atoms with Gasteiger partial charge in [0.2, 0.25) is 5.91 Å². The molecule has 1 aromatic carbocycles. The number of amides is 1. The monoisotopic (exact) mass is 470 g/mol. The summed E-state index contributed by atoms with van der Waals surface area (Å²) < 4.78 is 15.9. The van der Waals surface area contributed by atoms with Crippen LogP contribution >= 0.6 is 0 Å². The van der Waals surface area contributed by atoms with Crippen LogP contribution in [0.4, 0.5) is 0 Å². The minimum atomic E-state index is -0.398. The van der Waals surface area contributed by atoms with Crippen LogP contribution in [-0.2, 0) is 20.7 Å². The summed E-state index contributed by atoms with van der Waals surface area (Å²) in [6, 6.07) is 5.15. The lowest BCUT2D eigenvalue weighted by atomic mass is 9.96. The summed E-state index contributed by atoms with van der Waals surface area (Å²) in [6.45, 7) is 7.08. The highest BCUT2D eigenvalue weighted by atomic mass is 16.5. The van der Waals surface area contributed by atoms with Crippen LogP contribution in [0.3, 0.4) is 0 Å². The van der Waals surface area contributed by atoms with Gasteiger partial charge >= 0.3 is 5.97 Å². The van der Waals surface area contributed by atoms with Crippen molar-refractivity contribution < 1.29 is 23.8 Å². The molecule has 2 aromatic rings. The molecule has 0 atom stereocenters. The van der Waals surface area contributed by atoms with E-state index in [4.69, 9.17) is 14.2 Å². The Labute approximate surface area is 197 Å². The molecule has 1 aliphatic heterocycles. The molecule has 0 spiro atoms. The Balaban J connectivity index is 1.59. The number of carbonyl (C=O) groups is 2. The van der Waals surface area contributed by atoms with E-state index < -0.39 is 5.56 Å². The van der Waals surface area contributed by atoms with Crippen molar-refractivity contribution in [3.05, 3.63) is 46.9 Å². The number of benzene rings is 1. The Hall–Kier alpha value is -3.69. The van der Waals surface area contributed by atoms with Crippen LogP contribution in [0.1, 0.15) is 31.9 Å². The predicted molar refractivity (Wildman–Crippen MR) is 125 cm³/mol. The predicted octanol–water partition coefficient (Wildman–Crippen LogP) is 2.14. The summed E-state index contributed by atoms with van der Waals surface area (Å²) in [4.78, 5) is 41.4. The molecule has 3 rings (SSSR count). The first-order valence-electron chi connectivity index (χ1n) is 11.3. The number of hydrogen-bond acceptors (Lipinski definition) is 8. The van der Waals surface area contributed by atoms with E-state index in [1.54, 1.807) is 36.1 Å². The molecule has 0 unspecified atom stereocenters. The molecular weight excluding hydrogens is 440 g/mol. The van der Waals surface area contributed by atoms with Crippen LogP contribution < -0.4 is 15.0 Å². The van der Waals surface area contributed by atoms with Crippen molar-refractivity contribution in [2.75, 3.05) is 33.4 Å². The molecule has 1 fully saturated rings. The van der Waals surface area contributed by atoms with E-state index in [1.807, 2.05) is 0 Å².